The summed E-state index contributed by atoms with van der Waals surface area (Å²) in [5.41, 5.74) is 9.87. The first-order valence-corrected chi connectivity index (χ1v) is 7.68. The van der Waals surface area contributed by atoms with Crippen LogP contribution in [-0.4, -0.2) is 10.2 Å². The lowest BCUT2D eigenvalue weighted by Crippen LogP contribution is -2.04. The van der Waals surface area contributed by atoms with Crippen molar-refractivity contribution >= 4 is 0 Å². The van der Waals surface area contributed by atoms with Crippen molar-refractivity contribution in [2.24, 2.45) is 5.73 Å². The maximum atomic E-state index is 8.74. The van der Waals surface area contributed by atoms with Gasteiger partial charge in [0, 0.05) is 6.04 Å². The van der Waals surface area contributed by atoms with E-state index >= 15 is 0 Å². The van der Waals surface area contributed by atoms with E-state index in [1.54, 1.807) is 0 Å². The van der Waals surface area contributed by atoms with Gasteiger partial charge in [0.05, 0.1) is 13.2 Å². The van der Waals surface area contributed by atoms with Gasteiger partial charge in [-0.25, -0.2) is 0 Å². The Morgan fingerprint density at radius 2 is 1.18 bits per heavy atom. The lowest BCUT2D eigenvalue weighted by molar-refractivity contribution is 0.281. The highest BCUT2D eigenvalue weighted by atomic mass is 16.3. The molecule has 0 amide bonds. The van der Waals surface area contributed by atoms with Crippen molar-refractivity contribution in [3.05, 3.63) is 70.8 Å². The van der Waals surface area contributed by atoms with Crippen molar-refractivity contribution in [2.45, 2.75) is 47.0 Å². The van der Waals surface area contributed by atoms with Gasteiger partial charge < -0.3 is 15.9 Å². The molecular formula is C19H29NO2. The fourth-order valence-corrected chi connectivity index (χ4v) is 1.62. The van der Waals surface area contributed by atoms with E-state index in [1.165, 1.54) is 5.56 Å². The smallest absolute Gasteiger partial charge is 0.0681 e. The molecule has 0 bridgehead atoms. The van der Waals surface area contributed by atoms with E-state index in [0.717, 1.165) is 16.7 Å². The van der Waals surface area contributed by atoms with E-state index in [1.807, 2.05) is 76.2 Å². The van der Waals surface area contributed by atoms with E-state index in [0.29, 0.717) is 0 Å². The van der Waals surface area contributed by atoms with Crippen LogP contribution in [0.15, 0.2) is 48.5 Å². The zero-order valence-corrected chi connectivity index (χ0v) is 14.1. The number of hydrogen-bond acceptors (Lipinski definition) is 3. The van der Waals surface area contributed by atoms with Crippen molar-refractivity contribution in [1.82, 2.24) is 0 Å². The van der Waals surface area contributed by atoms with Crippen LogP contribution < -0.4 is 5.73 Å². The van der Waals surface area contributed by atoms with E-state index in [2.05, 4.69) is 0 Å². The van der Waals surface area contributed by atoms with Crippen molar-refractivity contribution in [3.8, 4) is 0 Å². The Bertz CT molecular complexity index is 490. The Balaban J connectivity index is 0.000000366. The lowest BCUT2D eigenvalue weighted by Gasteiger charge is -2.04. The number of rotatable bonds is 3. The SMILES string of the molecule is CC.CC(N)c1ccc(CO)cc1.Cc1ccc(CO)cc1. The number of aliphatic hydroxyl groups is 2. The van der Waals surface area contributed by atoms with Crippen LogP contribution in [0, 0.1) is 6.92 Å². The quantitative estimate of drug-likeness (QED) is 0.809. The summed E-state index contributed by atoms with van der Waals surface area (Å²) in [6.45, 7) is 8.20. The Kier molecular flexibility index (Phi) is 11.0. The fourth-order valence-electron chi connectivity index (χ4n) is 1.62. The van der Waals surface area contributed by atoms with Crippen molar-refractivity contribution in [2.75, 3.05) is 0 Å². The molecule has 0 saturated carbocycles. The van der Waals surface area contributed by atoms with Crippen LogP contribution in [0.5, 0.6) is 0 Å². The number of nitrogens with two attached hydrogens (primary N) is 1. The minimum Gasteiger partial charge on any atom is -0.392 e. The van der Waals surface area contributed by atoms with Gasteiger partial charge in [0.25, 0.3) is 0 Å². The molecule has 0 aromatic heterocycles. The molecule has 0 aliphatic carbocycles. The number of hydrogen-bond donors (Lipinski definition) is 3. The average molecular weight is 303 g/mol. The molecule has 0 radical (unpaired) electrons. The van der Waals surface area contributed by atoms with Crippen molar-refractivity contribution in [3.63, 3.8) is 0 Å². The number of aliphatic hydroxyl groups excluding tert-OH is 2. The first kappa shape index (κ1) is 20.3. The zero-order chi connectivity index (χ0) is 17.0. The third kappa shape index (κ3) is 7.93. The van der Waals surface area contributed by atoms with Crippen LogP contribution in [0.25, 0.3) is 0 Å². The van der Waals surface area contributed by atoms with Gasteiger partial charge in [-0.15, -0.1) is 0 Å². The first-order chi connectivity index (χ1) is 10.6. The third-order valence-corrected chi connectivity index (χ3v) is 2.99. The highest BCUT2D eigenvalue weighted by Crippen LogP contribution is 2.10. The Labute approximate surface area is 134 Å². The second-order valence-corrected chi connectivity index (χ2v) is 4.83. The lowest BCUT2D eigenvalue weighted by atomic mass is 10.1. The van der Waals surface area contributed by atoms with Gasteiger partial charge in [0.15, 0.2) is 0 Å². The molecule has 0 spiro atoms. The number of benzene rings is 2. The van der Waals surface area contributed by atoms with Gasteiger partial charge in [-0.1, -0.05) is 67.9 Å². The molecule has 4 N–H and O–H groups in total. The molecular weight excluding hydrogens is 274 g/mol. The molecule has 122 valence electrons. The molecule has 0 fully saturated rings. The van der Waals surface area contributed by atoms with E-state index in [4.69, 9.17) is 15.9 Å². The van der Waals surface area contributed by atoms with E-state index in [9.17, 15) is 0 Å². The standard InChI is InChI=1S/C9H13NO.C8H10O.C2H6/c1-7(10)9-4-2-8(6-11)3-5-9;1-7-2-4-8(6-9)5-3-7;1-2/h2-5,7,11H,6,10H2,1H3;2-5,9H,6H2,1H3;1-2H3. The van der Waals surface area contributed by atoms with Crippen molar-refractivity contribution in [1.29, 1.82) is 0 Å². The summed E-state index contributed by atoms with van der Waals surface area (Å²) in [6.07, 6.45) is 0. The van der Waals surface area contributed by atoms with Crippen LogP contribution in [-0.2, 0) is 13.2 Å². The Hall–Kier alpha value is -1.68. The van der Waals surface area contributed by atoms with Crippen molar-refractivity contribution < 1.29 is 10.2 Å². The maximum absolute atomic E-state index is 8.74. The van der Waals surface area contributed by atoms with Crippen LogP contribution in [0.4, 0.5) is 0 Å². The average Bonchev–Trinajstić information content (AvgIpc) is 2.58. The predicted octanol–water partition coefficient (Wildman–Crippen LogP) is 3.71. The van der Waals surface area contributed by atoms with E-state index < -0.39 is 0 Å². The van der Waals surface area contributed by atoms with Gasteiger partial charge in [-0.3, -0.25) is 0 Å². The molecule has 0 aliphatic heterocycles. The maximum Gasteiger partial charge on any atom is 0.0681 e. The third-order valence-electron chi connectivity index (χ3n) is 2.99. The molecule has 2 aromatic carbocycles. The predicted molar refractivity (Wildman–Crippen MR) is 93.4 cm³/mol. The van der Waals surface area contributed by atoms with Crippen LogP contribution in [0.2, 0.25) is 0 Å². The van der Waals surface area contributed by atoms with Crippen LogP contribution >= 0.6 is 0 Å². The topological polar surface area (TPSA) is 66.5 Å². The van der Waals surface area contributed by atoms with Gasteiger partial charge in [-0.2, -0.15) is 0 Å². The van der Waals surface area contributed by atoms with Gasteiger partial charge in [0.1, 0.15) is 0 Å². The van der Waals surface area contributed by atoms with Gasteiger partial charge in [-0.05, 0) is 30.5 Å². The molecule has 2 rings (SSSR count). The largest absolute Gasteiger partial charge is 0.392 e. The Morgan fingerprint density at radius 1 is 0.818 bits per heavy atom. The normalized spacial score (nSPS) is 10.7. The summed E-state index contributed by atoms with van der Waals surface area (Å²) < 4.78 is 0. The van der Waals surface area contributed by atoms with Gasteiger partial charge in [0.2, 0.25) is 0 Å². The minimum absolute atomic E-state index is 0.0720. The summed E-state index contributed by atoms with van der Waals surface area (Å²) in [7, 11) is 0. The molecule has 0 saturated heterocycles. The fraction of sp³-hybridized carbons (Fsp3) is 0.368. The van der Waals surface area contributed by atoms with Gasteiger partial charge >= 0.3 is 0 Å². The minimum atomic E-state index is 0.0720. The summed E-state index contributed by atoms with van der Waals surface area (Å²) in [5, 5.41) is 17.4. The summed E-state index contributed by atoms with van der Waals surface area (Å²) in [6, 6.07) is 15.6. The summed E-state index contributed by atoms with van der Waals surface area (Å²) >= 11 is 0. The Morgan fingerprint density at radius 3 is 1.50 bits per heavy atom. The molecule has 0 heterocycles. The monoisotopic (exact) mass is 303 g/mol. The molecule has 22 heavy (non-hydrogen) atoms. The summed E-state index contributed by atoms with van der Waals surface area (Å²) in [5.74, 6) is 0. The van der Waals surface area contributed by atoms with E-state index in [-0.39, 0.29) is 19.3 Å². The molecule has 1 atom stereocenters. The van der Waals surface area contributed by atoms with Crippen LogP contribution in [0.3, 0.4) is 0 Å². The molecule has 2 aromatic rings. The molecule has 3 heteroatoms. The molecule has 0 aliphatic rings. The highest BCUT2D eigenvalue weighted by Gasteiger charge is 1.97. The molecule has 1 unspecified atom stereocenters. The molecule has 3 nitrogen and oxygen atoms in total. The second-order valence-electron chi connectivity index (χ2n) is 4.83. The first-order valence-electron chi connectivity index (χ1n) is 7.68. The second kappa shape index (κ2) is 11.9. The van der Waals surface area contributed by atoms with Crippen LogP contribution in [0.1, 0.15) is 49.1 Å². The highest BCUT2D eigenvalue weighted by molar-refractivity contribution is 5.23. The zero-order valence-electron chi connectivity index (χ0n) is 14.1. The summed E-state index contributed by atoms with van der Waals surface area (Å²) in [4.78, 5) is 0. The number of aryl methyl sites for hydroxylation is 1.